The Labute approximate surface area is 123 Å². The van der Waals surface area contributed by atoms with E-state index in [2.05, 4.69) is 17.2 Å². The highest BCUT2D eigenvalue weighted by molar-refractivity contribution is 5.96. The van der Waals surface area contributed by atoms with Crippen LogP contribution in [0.25, 0.3) is 10.9 Å². The first-order chi connectivity index (χ1) is 10.2. The second-order valence-electron chi connectivity index (χ2n) is 4.68. The van der Waals surface area contributed by atoms with E-state index < -0.39 is 0 Å². The molecule has 0 radical (unpaired) electrons. The van der Waals surface area contributed by atoms with Crippen molar-refractivity contribution in [3.63, 3.8) is 0 Å². The minimum absolute atomic E-state index is 0.0721. The molecule has 0 aliphatic rings. The molecule has 0 bridgehead atoms. The first-order valence-electron chi connectivity index (χ1n) is 7.07. The number of unbranched alkanes of at least 4 members (excludes halogenated alkanes) is 1. The van der Waals surface area contributed by atoms with Crippen molar-refractivity contribution in [2.45, 2.75) is 19.8 Å². The third-order valence-corrected chi connectivity index (χ3v) is 3.15. The first kappa shape index (κ1) is 15.2. The molecule has 1 heterocycles. The highest BCUT2D eigenvalue weighted by Crippen LogP contribution is 2.29. The van der Waals surface area contributed by atoms with Gasteiger partial charge in [-0.1, -0.05) is 13.3 Å². The minimum atomic E-state index is -0.387. The molecule has 0 aliphatic heterocycles. The third kappa shape index (κ3) is 3.88. The number of hydrogen-bond acceptors (Lipinski definition) is 5. The second-order valence-corrected chi connectivity index (χ2v) is 4.68. The number of nitro benzene ring substituents is 1. The highest BCUT2D eigenvalue weighted by Gasteiger charge is 2.14. The Morgan fingerprint density at radius 3 is 2.95 bits per heavy atom. The number of pyridine rings is 1. The number of non-ortho nitro benzene ring substituents is 1. The quantitative estimate of drug-likeness (QED) is 0.458. The molecule has 0 aliphatic carbocycles. The molecule has 6 heteroatoms. The summed E-state index contributed by atoms with van der Waals surface area (Å²) >= 11 is 0. The Kier molecular flexibility index (Phi) is 5.45. The standard InChI is InChI=1S/C15H19N3O3/c1-2-3-10-21-11-9-16-13-6-7-14(18(19)20)12-5-4-8-17-15(12)13/h4-8,16H,2-3,9-11H2,1H3. The monoisotopic (exact) mass is 289 g/mol. The van der Waals surface area contributed by atoms with E-state index in [9.17, 15) is 10.1 Å². The normalized spacial score (nSPS) is 10.7. The number of rotatable bonds is 8. The molecule has 6 nitrogen and oxygen atoms in total. The van der Waals surface area contributed by atoms with Gasteiger partial charge in [0.05, 0.1) is 22.6 Å². The van der Waals surface area contributed by atoms with E-state index in [4.69, 9.17) is 4.74 Å². The van der Waals surface area contributed by atoms with Gasteiger partial charge in [-0.25, -0.2) is 0 Å². The van der Waals surface area contributed by atoms with Crippen LogP contribution in [0.5, 0.6) is 0 Å². The number of hydrogen-bond donors (Lipinski definition) is 1. The van der Waals surface area contributed by atoms with Gasteiger partial charge in [0, 0.05) is 25.4 Å². The summed E-state index contributed by atoms with van der Waals surface area (Å²) < 4.78 is 5.48. The molecule has 0 saturated carbocycles. The summed E-state index contributed by atoms with van der Waals surface area (Å²) in [5, 5.41) is 14.8. The number of fused-ring (bicyclic) bond motifs is 1. The lowest BCUT2D eigenvalue weighted by Crippen LogP contribution is -2.10. The lowest BCUT2D eigenvalue weighted by molar-refractivity contribution is -0.383. The summed E-state index contributed by atoms with van der Waals surface area (Å²) in [5.41, 5.74) is 1.47. The number of aromatic nitrogens is 1. The minimum Gasteiger partial charge on any atom is -0.381 e. The zero-order chi connectivity index (χ0) is 15.1. The Bertz CT molecular complexity index is 616. The summed E-state index contributed by atoms with van der Waals surface area (Å²) in [6, 6.07) is 6.61. The number of anilines is 1. The van der Waals surface area contributed by atoms with Crippen LogP contribution in [0.4, 0.5) is 11.4 Å². The number of benzene rings is 1. The predicted molar refractivity (Wildman–Crippen MR) is 82.6 cm³/mol. The van der Waals surface area contributed by atoms with E-state index in [1.54, 1.807) is 24.4 Å². The van der Waals surface area contributed by atoms with Crippen LogP contribution in [0.2, 0.25) is 0 Å². The Balaban J connectivity index is 2.07. The molecule has 112 valence electrons. The molecule has 0 atom stereocenters. The third-order valence-electron chi connectivity index (χ3n) is 3.15. The molecule has 2 rings (SSSR count). The summed E-state index contributed by atoms with van der Waals surface area (Å²) in [7, 11) is 0. The number of nitrogens with zero attached hydrogens (tertiary/aromatic N) is 2. The number of nitro groups is 1. The smallest absolute Gasteiger partial charge is 0.278 e. The maximum absolute atomic E-state index is 11.0. The SMILES string of the molecule is CCCCOCCNc1ccc([N+](=O)[O-])c2cccnc12. The zero-order valence-corrected chi connectivity index (χ0v) is 12.0. The second kappa shape index (κ2) is 7.54. The van der Waals surface area contributed by atoms with Gasteiger partial charge in [0.2, 0.25) is 0 Å². The molecule has 1 N–H and O–H groups in total. The summed E-state index contributed by atoms with van der Waals surface area (Å²) in [6.45, 7) is 4.13. The van der Waals surface area contributed by atoms with Crippen molar-refractivity contribution in [1.29, 1.82) is 0 Å². The molecule has 0 unspecified atom stereocenters. The van der Waals surface area contributed by atoms with Crippen LogP contribution in [-0.4, -0.2) is 29.7 Å². The van der Waals surface area contributed by atoms with E-state index in [1.807, 2.05) is 0 Å². The fraction of sp³-hybridized carbons (Fsp3) is 0.400. The average molecular weight is 289 g/mol. The topological polar surface area (TPSA) is 77.3 Å². The molecule has 0 fully saturated rings. The van der Waals surface area contributed by atoms with Gasteiger partial charge >= 0.3 is 0 Å². The molecule has 0 amide bonds. The van der Waals surface area contributed by atoms with Crippen LogP contribution in [0.3, 0.4) is 0 Å². The molecule has 0 saturated heterocycles. The molecule has 0 spiro atoms. The Morgan fingerprint density at radius 2 is 2.19 bits per heavy atom. The lowest BCUT2D eigenvalue weighted by Gasteiger charge is -2.09. The summed E-state index contributed by atoms with van der Waals surface area (Å²) in [5.74, 6) is 0. The zero-order valence-electron chi connectivity index (χ0n) is 12.0. The van der Waals surface area contributed by atoms with Crippen molar-refractivity contribution in [3.8, 4) is 0 Å². The summed E-state index contributed by atoms with van der Waals surface area (Å²) in [6.07, 6.45) is 3.81. The van der Waals surface area contributed by atoms with Crippen molar-refractivity contribution >= 4 is 22.3 Å². The van der Waals surface area contributed by atoms with Crippen molar-refractivity contribution in [2.75, 3.05) is 25.1 Å². The van der Waals surface area contributed by atoms with Crippen molar-refractivity contribution in [1.82, 2.24) is 4.98 Å². The molecular weight excluding hydrogens is 270 g/mol. The average Bonchev–Trinajstić information content (AvgIpc) is 2.50. The molecular formula is C15H19N3O3. The summed E-state index contributed by atoms with van der Waals surface area (Å²) in [4.78, 5) is 14.9. The van der Waals surface area contributed by atoms with Gasteiger partial charge < -0.3 is 10.1 Å². The largest absolute Gasteiger partial charge is 0.381 e. The first-order valence-corrected chi connectivity index (χ1v) is 7.07. The fourth-order valence-corrected chi connectivity index (χ4v) is 2.07. The van der Waals surface area contributed by atoms with Gasteiger partial charge in [-0.2, -0.15) is 0 Å². The molecule has 21 heavy (non-hydrogen) atoms. The van der Waals surface area contributed by atoms with Crippen LogP contribution in [0.1, 0.15) is 19.8 Å². The van der Waals surface area contributed by atoms with Gasteiger partial charge in [0.25, 0.3) is 5.69 Å². The molecule has 1 aromatic carbocycles. The van der Waals surface area contributed by atoms with E-state index in [0.29, 0.717) is 24.1 Å². The van der Waals surface area contributed by atoms with Gasteiger partial charge in [-0.15, -0.1) is 0 Å². The van der Waals surface area contributed by atoms with Crippen LogP contribution < -0.4 is 5.32 Å². The Hall–Kier alpha value is -2.21. The van der Waals surface area contributed by atoms with Gasteiger partial charge in [0.1, 0.15) is 5.52 Å². The number of nitrogens with one attached hydrogen (secondary N) is 1. The maximum Gasteiger partial charge on any atom is 0.278 e. The fourth-order valence-electron chi connectivity index (χ4n) is 2.07. The Morgan fingerprint density at radius 1 is 1.33 bits per heavy atom. The predicted octanol–water partition coefficient (Wildman–Crippen LogP) is 3.37. The van der Waals surface area contributed by atoms with E-state index in [0.717, 1.165) is 25.1 Å². The van der Waals surface area contributed by atoms with Gasteiger partial charge in [-0.3, -0.25) is 15.1 Å². The lowest BCUT2D eigenvalue weighted by atomic mass is 10.1. The van der Waals surface area contributed by atoms with E-state index in [1.165, 1.54) is 6.07 Å². The van der Waals surface area contributed by atoms with E-state index >= 15 is 0 Å². The van der Waals surface area contributed by atoms with Crippen molar-refractivity contribution < 1.29 is 9.66 Å². The van der Waals surface area contributed by atoms with Gasteiger partial charge in [0.15, 0.2) is 0 Å². The van der Waals surface area contributed by atoms with Crippen molar-refractivity contribution in [2.24, 2.45) is 0 Å². The van der Waals surface area contributed by atoms with E-state index in [-0.39, 0.29) is 10.6 Å². The highest BCUT2D eigenvalue weighted by atomic mass is 16.6. The molecule has 1 aromatic heterocycles. The number of ether oxygens (including phenoxy) is 1. The van der Waals surface area contributed by atoms with Crippen LogP contribution in [-0.2, 0) is 4.74 Å². The van der Waals surface area contributed by atoms with Crippen LogP contribution >= 0.6 is 0 Å². The van der Waals surface area contributed by atoms with Crippen LogP contribution in [0.15, 0.2) is 30.5 Å². The van der Waals surface area contributed by atoms with Crippen LogP contribution in [0, 0.1) is 10.1 Å². The van der Waals surface area contributed by atoms with Crippen molar-refractivity contribution in [3.05, 3.63) is 40.6 Å². The van der Waals surface area contributed by atoms with Gasteiger partial charge in [-0.05, 0) is 24.6 Å². The molecule has 2 aromatic rings. The maximum atomic E-state index is 11.0.